The lowest BCUT2D eigenvalue weighted by atomic mass is 9.99. The number of ether oxygens (including phenoxy) is 4. The van der Waals surface area contributed by atoms with Crippen molar-refractivity contribution in [2.24, 2.45) is 0 Å². The topological polar surface area (TPSA) is 178 Å². The zero-order chi connectivity index (χ0) is 39.7. The molecule has 6 unspecified atom stereocenters. The van der Waals surface area contributed by atoms with Gasteiger partial charge >= 0.3 is 16.4 Å². The van der Waals surface area contributed by atoms with E-state index in [1.165, 1.54) is 44.9 Å². The summed E-state index contributed by atoms with van der Waals surface area (Å²) in [7, 11) is -5.07. The van der Waals surface area contributed by atoms with Gasteiger partial charge < -0.3 is 34.3 Å². The molecule has 13 heteroatoms. The molecule has 1 rings (SSSR count). The Morgan fingerprint density at radius 3 is 1.76 bits per heavy atom. The van der Waals surface area contributed by atoms with Crippen molar-refractivity contribution in [3.05, 3.63) is 60.8 Å². The van der Waals surface area contributed by atoms with Crippen molar-refractivity contribution in [1.29, 1.82) is 0 Å². The molecule has 0 aliphatic carbocycles. The zero-order valence-electron chi connectivity index (χ0n) is 32.8. The summed E-state index contributed by atoms with van der Waals surface area (Å²) in [4.78, 5) is 12.7. The molecule has 1 aliphatic rings. The maximum Gasteiger partial charge on any atom is 0.397 e. The molecule has 4 N–H and O–H groups in total. The molecule has 1 heterocycles. The average Bonchev–Trinajstić information content (AvgIpc) is 3.14. The molecule has 0 aromatic rings. The minimum atomic E-state index is -5.07. The van der Waals surface area contributed by atoms with Gasteiger partial charge in [0.25, 0.3) is 0 Å². The second-order valence-corrected chi connectivity index (χ2v) is 14.5. The molecule has 0 aromatic carbocycles. The Hall–Kier alpha value is -2.20. The summed E-state index contributed by atoms with van der Waals surface area (Å²) in [5.74, 6) is -0.428. The fourth-order valence-electron chi connectivity index (χ4n) is 5.68. The maximum atomic E-state index is 12.7. The predicted octanol–water partition coefficient (Wildman–Crippen LogP) is 7.40. The van der Waals surface area contributed by atoms with Crippen LogP contribution in [0.5, 0.6) is 0 Å². The van der Waals surface area contributed by atoms with Gasteiger partial charge in [-0.25, -0.2) is 4.18 Å². The van der Waals surface area contributed by atoms with Gasteiger partial charge in [-0.1, -0.05) is 139 Å². The standard InChI is InChI=1S/C41H70O12S/c1-3-5-7-9-11-13-15-16-17-18-19-21-23-25-27-29-31-49-33-35(51-37(43)30-28-26-24-22-20-14-12-10-8-6-4-2)34-50-41-39(45)40(53-54(46,47)48)38(44)36(32-42)52-41/h5,7,11,13,16-17,19,21,25,27,35-36,38-42,44-45H,3-4,6,8-10,12,14-15,18,20,22-24,26,28-34H2,1-2H3,(H,46,47,48)/b7-5-,13-11-,17-16-,21-19-,27-25-. The van der Waals surface area contributed by atoms with Gasteiger partial charge in [-0.2, -0.15) is 8.42 Å². The highest BCUT2D eigenvalue weighted by Gasteiger charge is 2.48. The number of rotatable bonds is 33. The van der Waals surface area contributed by atoms with Crippen LogP contribution in [0.2, 0.25) is 0 Å². The highest BCUT2D eigenvalue weighted by molar-refractivity contribution is 7.80. The number of unbranched alkanes of at least 4 members (excludes halogenated alkanes) is 10. The van der Waals surface area contributed by atoms with E-state index in [0.29, 0.717) is 19.4 Å². The van der Waals surface area contributed by atoms with E-state index in [1.54, 1.807) is 0 Å². The number of esters is 1. The predicted molar refractivity (Wildman–Crippen MR) is 211 cm³/mol. The molecule has 0 bridgehead atoms. The van der Waals surface area contributed by atoms with Gasteiger partial charge in [0.15, 0.2) is 6.29 Å². The van der Waals surface area contributed by atoms with Crippen molar-refractivity contribution in [1.82, 2.24) is 0 Å². The first kappa shape index (κ1) is 49.8. The first-order valence-electron chi connectivity index (χ1n) is 20.0. The smallest absolute Gasteiger partial charge is 0.397 e. The Morgan fingerprint density at radius 2 is 1.24 bits per heavy atom. The van der Waals surface area contributed by atoms with Crippen LogP contribution in [0.4, 0.5) is 0 Å². The van der Waals surface area contributed by atoms with Gasteiger partial charge in [0.1, 0.15) is 30.5 Å². The fourth-order valence-corrected chi connectivity index (χ4v) is 6.18. The van der Waals surface area contributed by atoms with E-state index in [9.17, 15) is 28.5 Å². The van der Waals surface area contributed by atoms with Crippen LogP contribution < -0.4 is 0 Å². The molecule has 6 atom stereocenters. The minimum absolute atomic E-state index is 0.0193. The molecule has 0 saturated carbocycles. The van der Waals surface area contributed by atoms with Crippen molar-refractivity contribution in [3.8, 4) is 0 Å². The lowest BCUT2D eigenvalue weighted by molar-refractivity contribution is -0.301. The monoisotopic (exact) mass is 786 g/mol. The van der Waals surface area contributed by atoms with Gasteiger partial charge in [-0.05, 0) is 44.9 Å². The summed E-state index contributed by atoms with van der Waals surface area (Å²) in [6.45, 7) is 3.61. The molecular weight excluding hydrogens is 717 g/mol. The Kier molecular flexibility index (Phi) is 30.4. The lowest BCUT2D eigenvalue weighted by Gasteiger charge is -2.41. The summed E-state index contributed by atoms with van der Waals surface area (Å²) in [5, 5.41) is 30.5. The SMILES string of the molecule is CC/C=C\C/C=C\C/C=C\C/C=C\C/C=C\CCOCC(COC1OC(CO)C(O)C(OS(=O)(=O)O)C1O)OC(=O)CCCCCCCCCCCCC. The van der Waals surface area contributed by atoms with Crippen molar-refractivity contribution in [2.45, 2.75) is 166 Å². The van der Waals surface area contributed by atoms with Crippen LogP contribution in [-0.2, 0) is 38.3 Å². The number of carbonyl (C=O) groups is 1. The second kappa shape index (κ2) is 33.0. The van der Waals surface area contributed by atoms with Crippen molar-refractivity contribution in [2.75, 3.05) is 26.4 Å². The number of carbonyl (C=O) groups excluding carboxylic acids is 1. The van der Waals surface area contributed by atoms with E-state index >= 15 is 0 Å². The van der Waals surface area contributed by atoms with Crippen molar-refractivity contribution >= 4 is 16.4 Å². The Balaban J connectivity index is 2.55. The van der Waals surface area contributed by atoms with Crippen LogP contribution >= 0.6 is 0 Å². The normalized spacial score (nSPS) is 21.8. The van der Waals surface area contributed by atoms with Crippen LogP contribution in [0, 0.1) is 0 Å². The first-order valence-corrected chi connectivity index (χ1v) is 21.4. The third-order valence-corrected chi connectivity index (χ3v) is 9.14. The Labute approximate surface area is 325 Å². The molecule has 312 valence electrons. The van der Waals surface area contributed by atoms with Gasteiger partial charge in [-0.3, -0.25) is 9.35 Å². The highest BCUT2D eigenvalue weighted by atomic mass is 32.3. The highest BCUT2D eigenvalue weighted by Crippen LogP contribution is 2.26. The minimum Gasteiger partial charge on any atom is -0.457 e. The lowest BCUT2D eigenvalue weighted by Crippen LogP contribution is -2.60. The summed E-state index contributed by atoms with van der Waals surface area (Å²) in [6.07, 6.45) is 30.0. The van der Waals surface area contributed by atoms with Crippen LogP contribution in [0.1, 0.15) is 129 Å². The van der Waals surface area contributed by atoms with E-state index in [2.05, 4.69) is 66.6 Å². The molecule has 1 saturated heterocycles. The third kappa shape index (κ3) is 26.6. The molecule has 12 nitrogen and oxygen atoms in total. The number of hydrogen-bond acceptors (Lipinski definition) is 11. The quantitative estimate of drug-likeness (QED) is 0.0225. The largest absolute Gasteiger partial charge is 0.457 e. The summed E-state index contributed by atoms with van der Waals surface area (Å²) >= 11 is 0. The van der Waals surface area contributed by atoms with Crippen molar-refractivity contribution < 1.29 is 56.2 Å². The summed E-state index contributed by atoms with van der Waals surface area (Å²) in [6, 6.07) is 0. The van der Waals surface area contributed by atoms with E-state index < -0.39 is 59.8 Å². The number of aliphatic hydroxyl groups is 3. The maximum absolute atomic E-state index is 12.7. The van der Waals surface area contributed by atoms with E-state index in [4.69, 9.17) is 23.5 Å². The zero-order valence-corrected chi connectivity index (χ0v) is 33.6. The molecular formula is C41H70O12S. The number of hydrogen-bond donors (Lipinski definition) is 4. The van der Waals surface area contributed by atoms with Crippen molar-refractivity contribution in [3.63, 3.8) is 0 Å². The molecule has 0 amide bonds. The van der Waals surface area contributed by atoms with Gasteiger partial charge in [-0.15, -0.1) is 0 Å². The van der Waals surface area contributed by atoms with Gasteiger partial charge in [0.2, 0.25) is 0 Å². The molecule has 54 heavy (non-hydrogen) atoms. The molecule has 0 spiro atoms. The van der Waals surface area contributed by atoms with E-state index in [0.717, 1.165) is 51.4 Å². The molecule has 1 aliphatic heterocycles. The van der Waals surface area contributed by atoms with Crippen LogP contribution in [-0.4, -0.2) is 97.5 Å². The fraction of sp³-hybridized carbons (Fsp3) is 0.732. The molecule has 0 radical (unpaired) electrons. The molecule has 0 aromatic heterocycles. The summed E-state index contributed by atoms with van der Waals surface area (Å²) < 4.78 is 58.7. The van der Waals surface area contributed by atoms with E-state index in [-0.39, 0.29) is 19.6 Å². The second-order valence-electron chi connectivity index (χ2n) is 13.5. The average molecular weight is 787 g/mol. The molecule has 1 fully saturated rings. The van der Waals surface area contributed by atoms with E-state index in [1.807, 2.05) is 12.2 Å². The first-order chi connectivity index (χ1) is 26.1. The van der Waals surface area contributed by atoms with Crippen LogP contribution in [0.15, 0.2) is 60.8 Å². The number of aliphatic hydroxyl groups excluding tert-OH is 3. The van der Waals surface area contributed by atoms with Gasteiger partial charge in [0, 0.05) is 6.42 Å². The Bertz CT molecular complexity index is 1180. The van der Waals surface area contributed by atoms with Gasteiger partial charge in [0.05, 0.1) is 26.4 Å². The van der Waals surface area contributed by atoms with Crippen LogP contribution in [0.3, 0.4) is 0 Å². The summed E-state index contributed by atoms with van der Waals surface area (Å²) in [5.41, 5.74) is 0. The number of allylic oxidation sites excluding steroid dienone is 9. The third-order valence-electron chi connectivity index (χ3n) is 8.67. The Morgan fingerprint density at radius 1 is 0.722 bits per heavy atom. The van der Waals surface area contributed by atoms with Crippen LogP contribution in [0.25, 0.3) is 0 Å².